The van der Waals surface area contributed by atoms with Crippen molar-refractivity contribution in [1.82, 2.24) is 16.0 Å². The summed E-state index contributed by atoms with van der Waals surface area (Å²) in [6, 6.07) is 9.99. The summed E-state index contributed by atoms with van der Waals surface area (Å²) in [4.78, 5) is 22.9. The first-order chi connectivity index (χ1) is 9.63. The summed E-state index contributed by atoms with van der Waals surface area (Å²) in [6.45, 7) is 4.83. The van der Waals surface area contributed by atoms with Gasteiger partial charge in [-0.1, -0.05) is 37.3 Å². The standard InChI is InChI=1S/C15H23N3O2/c1-3-9-16-14(19)11-18-15(20)10-17-12(2)13-7-5-4-6-8-13/h4-8,12,17H,3,9-11H2,1-2H3,(H,16,19)(H,18,20)/t12-/m1/s1. The quantitative estimate of drug-likeness (QED) is 0.663. The molecule has 0 spiro atoms. The van der Waals surface area contributed by atoms with Gasteiger partial charge in [-0.15, -0.1) is 0 Å². The van der Waals surface area contributed by atoms with Crippen LogP contribution in [0.4, 0.5) is 0 Å². The molecule has 2 amide bonds. The molecular formula is C15H23N3O2. The molecule has 0 aliphatic carbocycles. The molecular weight excluding hydrogens is 254 g/mol. The van der Waals surface area contributed by atoms with Crippen LogP contribution in [-0.2, 0) is 9.59 Å². The third-order valence-corrected chi connectivity index (χ3v) is 2.89. The van der Waals surface area contributed by atoms with E-state index in [0.717, 1.165) is 12.0 Å². The van der Waals surface area contributed by atoms with Gasteiger partial charge >= 0.3 is 0 Å². The second-order valence-electron chi connectivity index (χ2n) is 4.64. The Balaban J connectivity index is 2.21. The molecule has 5 heteroatoms. The number of hydrogen-bond donors (Lipinski definition) is 3. The van der Waals surface area contributed by atoms with Gasteiger partial charge in [-0.2, -0.15) is 0 Å². The number of hydrogen-bond acceptors (Lipinski definition) is 3. The highest BCUT2D eigenvalue weighted by Gasteiger charge is 2.08. The van der Waals surface area contributed by atoms with Crippen molar-refractivity contribution in [2.45, 2.75) is 26.3 Å². The van der Waals surface area contributed by atoms with E-state index in [1.54, 1.807) is 0 Å². The summed E-state index contributed by atoms with van der Waals surface area (Å²) in [5.41, 5.74) is 1.13. The summed E-state index contributed by atoms with van der Waals surface area (Å²) >= 11 is 0. The van der Waals surface area contributed by atoms with E-state index in [1.807, 2.05) is 44.2 Å². The fourth-order valence-corrected chi connectivity index (χ4v) is 1.67. The van der Waals surface area contributed by atoms with Crippen molar-refractivity contribution in [2.24, 2.45) is 0 Å². The van der Waals surface area contributed by atoms with Crippen LogP contribution in [-0.4, -0.2) is 31.4 Å². The molecule has 0 aliphatic rings. The average molecular weight is 277 g/mol. The summed E-state index contributed by atoms with van der Waals surface area (Å²) in [7, 11) is 0. The number of carbonyl (C=O) groups is 2. The highest BCUT2D eigenvalue weighted by Crippen LogP contribution is 2.10. The van der Waals surface area contributed by atoms with Gasteiger partial charge in [0.15, 0.2) is 0 Å². The van der Waals surface area contributed by atoms with E-state index in [1.165, 1.54) is 0 Å². The molecule has 0 unspecified atom stereocenters. The van der Waals surface area contributed by atoms with Crippen LogP contribution in [0.3, 0.4) is 0 Å². The largest absolute Gasteiger partial charge is 0.355 e. The zero-order valence-corrected chi connectivity index (χ0v) is 12.1. The Labute approximate surface area is 120 Å². The van der Waals surface area contributed by atoms with Gasteiger partial charge in [-0.3, -0.25) is 9.59 Å². The van der Waals surface area contributed by atoms with Crippen molar-refractivity contribution in [3.8, 4) is 0 Å². The zero-order valence-electron chi connectivity index (χ0n) is 12.1. The molecule has 0 fully saturated rings. The molecule has 0 saturated carbocycles. The molecule has 0 aromatic heterocycles. The minimum Gasteiger partial charge on any atom is -0.355 e. The molecule has 20 heavy (non-hydrogen) atoms. The van der Waals surface area contributed by atoms with Crippen LogP contribution in [0.25, 0.3) is 0 Å². The molecule has 1 rings (SSSR count). The normalized spacial score (nSPS) is 11.7. The van der Waals surface area contributed by atoms with Gasteiger partial charge in [0, 0.05) is 12.6 Å². The van der Waals surface area contributed by atoms with Gasteiger partial charge in [-0.05, 0) is 18.9 Å². The van der Waals surface area contributed by atoms with E-state index in [-0.39, 0.29) is 30.9 Å². The van der Waals surface area contributed by atoms with E-state index in [2.05, 4.69) is 16.0 Å². The molecule has 0 aliphatic heterocycles. The Hall–Kier alpha value is -1.88. The topological polar surface area (TPSA) is 70.2 Å². The van der Waals surface area contributed by atoms with Crippen molar-refractivity contribution in [1.29, 1.82) is 0 Å². The molecule has 0 heterocycles. The van der Waals surface area contributed by atoms with Gasteiger partial charge in [0.25, 0.3) is 0 Å². The van der Waals surface area contributed by atoms with Crippen LogP contribution >= 0.6 is 0 Å². The number of carbonyl (C=O) groups excluding carboxylic acids is 2. The SMILES string of the molecule is CCCNC(=O)CNC(=O)CN[C@H](C)c1ccccc1. The van der Waals surface area contributed by atoms with Gasteiger partial charge in [0.2, 0.25) is 11.8 Å². The maximum atomic E-state index is 11.6. The molecule has 0 radical (unpaired) electrons. The van der Waals surface area contributed by atoms with Gasteiger partial charge in [0.1, 0.15) is 0 Å². The van der Waals surface area contributed by atoms with Crippen LogP contribution in [0.2, 0.25) is 0 Å². The summed E-state index contributed by atoms with van der Waals surface area (Å²) in [6.07, 6.45) is 0.885. The lowest BCUT2D eigenvalue weighted by Gasteiger charge is -2.14. The van der Waals surface area contributed by atoms with Crippen molar-refractivity contribution < 1.29 is 9.59 Å². The minimum absolute atomic E-state index is 0.0280. The highest BCUT2D eigenvalue weighted by atomic mass is 16.2. The average Bonchev–Trinajstić information content (AvgIpc) is 2.49. The fraction of sp³-hybridized carbons (Fsp3) is 0.467. The Bertz CT molecular complexity index is 420. The van der Waals surface area contributed by atoms with E-state index < -0.39 is 0 Å². The lowest BCUT2D eigenvalue weighted by molar-refractivity contribution is -0.125. The Morgan fingerprint density at radius 1 is 1.05 bits per heavy atom. The number of rotatable bonds is 8. The van der Waals surface area contributed by atoms with Gasteiger partial charge in [0.05, 0.1) is 13.1 Å². The molecule has 5 nitrogen and oxygen atoms in total. The maximum absolute atomic E-state index is 11.6. The Morgan fingerprint density at radius 2 is 1.70 bits per heavy atom. The summed E-state index contributed by atoms with van der Waals surface area (Å²) < 4.78 is 0. The number of benzene rings is 1. The molecule has 1 aromatic rings. The van der Waals surface area contributed by atoms with Crippen molar-refractivity contribution in [3.63, 3.8) is 0 Å². The predicted molar refractivity (Wildman–Crippen MR) is 79.2 cm³/mol. The van der Waals surface area contributed by atoms with E-state index >= 15 is 0 Å². The third-order valence-electron chi connectivity index (χ3n) is 2.89. The van der Waals surface area contributed by atoms with Crippen LogP contribution < -0.4 is 16.0 Å². The zero-order chi connectivity index (χ0) is 14.8. The molecule has 0 bridgehead atoms. The van der Waals surface area contributed by atoms with Gasteiger partial charge < -0.3 is 16.0 Å². The third kappa shape index (κ3) is 6.33. The van der Waals surface area contributed by atoms with Crippen LogP contribution in [0.1, 0.15) is 31.9 Å². The second kappa shape index (κ2) is 9.09. The fourth-order valence-electron chi connectivity index (χ4n) is 1.67. The first-order valence-corrected chi connectivity index (χ1v) is 6.95. The molecule has 110 valence electrons. The van der Waals surface area contributed by atoms with Crippen molar-refractivity contribution in [2.75, 3.05) is 19.6 Å². The Morgan fingerprint density at radius 3 is 2.35 bits per heavy atom. The lowest BCUT2D eigenvalue weighted by atomic mass is 10.1. The lowest BCUT2D eigenvalue weighted by Crippen LogP contribution is -2.41. The molecule has 1 atom stereocenters. The second-order valence-corrected chi connectivity index (χ2v) is 4.64. The Kier molecular flexibility index (Phi) is 7.35. The number of nitrogens with one attached hydrogen (secondary N) is 3. The van der Waals surface area contributed by atoms with Crippen LogP contribution in [0, 0.1) is 0 Å². The van der Waals surface area contributed by atoms with Crippen LogP contribution in [0.15, 0.2) is 30.3 Å². The predicted octanol–water partition coefficient (Wildman–Crippen LogP) is 0.980. The summed E-state index contributed by atoms with van der Waals surface area (Å²) in [5.74, 6) is -0.337. The highest BCUT2D eigenvalue weighted by molar-refractivity contribution is 5.85. The van der Waals surface area contributed by atoms with Crippen molar-refractivity contribution in [3.05, 3.63) is 35.9 Å². The first-order valence-electron chi connectivity index (χ1n) is 6.95. The minimum atomic E-state index is -0.181. The molecule has 0 saturated heterocycles. The van der Waals surface area contributed by atoms with E-state index in [4.69, 9.17) is 0 Å². The van der Waals surface area contributed by atoms with E-state index in [9.17, 15) is 9.59 Å². The summed E-state index contributed by atoms with van der Waals surface area (Å²) in [5, 5.41) is 8.41. The smallest absolute Gasteiger partial charge is 0.239 e. The van der Waals surface area contributed by atoms with E-state index in [0.29, 0.717) is 6.54 Å². The maximum Gasteiger partial charge on any atom is 0.239 e. The van der Waals surface area contributed by atoms with Crippen molar-refractivity contribution >= 4 is 11.8 Å². The van der Waals surface area contributed by atoms with Crippen LogP contribution in [0.5, 0.6) is 0 Å². The van der Waals surface area contributed by atoms with Gasteiger partial charge in [-0.25, -0.2) is 0 Å². The first kappa shape index (κ1) is 16.2. The monoisotopic (exact) mass is 277 g/mol. The number of amides is 2. The molecule has 3 N–H and O–H groups in total. The molecule has 1 aromatic carbocycles.